The smallest absolute Gasteiger partial charge is 0.413 e. The van der Waals surface area contributed by atoms with Crippen LogP contribution in [0.25, 0.3) is 11.4 Å². The van der Waals surface area contributed by atoms with Gasteiger partial charge in [0.05, 0.1) is 17.5 Å². The van der Waals surface area contributed by atoms with Crippen molar-refractivity contribution in [3.8, 4) is 11.4 Å². The normalized spacial score (nSPS) is 11.8. The summed E-state index contributed by atoms with van der Waals surface area (Å²) < 4.78 is 33.3. The van der Waals surface area contributed by atoms with Gasteiger partial charge in [-0.25, -0.2) is 18.9 Å². The van der Waals surface area contributed by atoms with Crippen LogP contribution in [0.15, 0.2) is 36.7 Å². The first kappa shape index (κ1) is 17.4. The number of nitrogens with one attached hydrogen (secondary N) is 1. The van der Waals surface area contributed by atoms with Crippen LogP contribution in [-0.4, -0.2) is 31.1 Å². The molecule has 1 N–H and O–H groups in total. The van der Waals surface area contributed by atoms with Crippen LogP contribution in [0.3, 0.4) is 0 Å². The topological polar surface area (TPSA) is 94.8 Å². The number of pyridine rings is 2. The zero-order valence-electron chi connectivity index (χ0n) is 13.8. The fourth-order valence-corrected chi connectivity index (χ4v) is 2.25. The van der Waals surface area contributed by atoms with E-state index in [-0.39, 0.29) is 11.4 Å². The van der Waals surface area contributed by atoms with Crippen LogP contribution in [0.2, 0.25) is 0 Å². The Labute approximate surface area is 146 Å². The van der Waals surface area contributed by atoms with Crippen molar-refractivity contribution in [2.75, 3.05) is 5.32 Å². The SMILES string of the molecule is C[C@@H](OC(=O)Nc1c(-c2ccccn2)nnn1C)c1cc(F)cnc1F. The van der Waals surface area contributed by atoms with Crippen LogP contribution in [0.1, 0.15) is 18.6 Å². The van der Waals surface area contributed by atoms with Crippen molar-refractivity contribution in [1.29, 1.82) is 0 Å². The second kappa shape index (κ2) is 7.21. The molecule has 134 valence electrons. The minimum absolute atomic E-state index is 0.173. The summed E-state index contributed by atoms with van der Waals surface area (Å²) in [7, 11) is 1.58. The Hall–Kier alpha value is -3.43. The monoisotopic (exact) mass is 360 g/mol. The number of rotatable bonds is 4. The Morgan fingerprint density at radius 1 is 1.31 bits per heavy atom. The van der Waals surface area contributed by atoms with E-state index in [0.29, 0.717) is 11.4 Å². The summed E-state index contributed by atoms with van der Waals surface area (Å²) in [6.07, 6.45) is 0.376. The third-order valence-electron chi connectivity index (χ3n) is 3.51. The quantitative estimate of drug-likeness (QED) is 0.719. The van der Waals surface area contributed by atoms with E-state index in [0.717, 1.165) is 12.3 Å². The molecular formula is C16H14F2N6O2. The van der Waals surface area contributed by atoms with Gasteiger partial charge >= 0.3 is 6.09 Å². The van der Waals surface area contributed by atoms with Crippen molar-refractivity contribution < 1.29 is 18.3 Å². The van der Waals surface area contributed by atoms with E-state index in [2.05, 4.69) is 25.6 Å². The Morgan fingerprint density at radius 2 is 2.12 bits per heavy atom. The zero-order valence-corrected chi connectivity index (χ0v) is 13.8. The number of nitrogens with zero attached hydrogens (tertiary/aromatic N) is 5. The van der Waals surface area contributed by atoms with Gasteiger partial charge in [-0.05, 0) is 25.1 Å². The molecule has 0 saturated heterocycles. The summed E-state index contributed by atoms with van der Waals surface area (Å²) in [6, 6.07) is 6.13. The highest BCUT2D eigenvalue weighted by molar-refractivity contribution is 5.88. The van der Waals surface area contributed by atoms with Crippen LogP contribution in [0, 0.1) is 11.8 Å². The van der Waals surface area contributed by atoms with Crippen molar-refractivity contribution in [2.24, 2.45) is 7.05 Å². The molecule has 3 heterocycles. The van der Waals surface area contributed by atoms with Crippen LogP contribution in [-0.2, 0) is 11.8 Å². The molecule has 0 fully saturated rings. The molecule has 3 aromatic heterocycles. The van der Waals surface area contributed by atoms with Crippen LogP contribution in [0.4, 0.5) is 19.4 Å². The van der Waals surface area contributed by atoms with Crippen LogP contribution in [0.5, 0.6) is 0 Å². The molecular weight excluding hydrogens is 346 g/mol. The van der Waals surface area contributed by atoms with Gasteiger partial charge in [-0.15, -0.1) is 5.10 Å². The van der Waals surface area contributed by atoms with Crippen molar-refractivity contribution in [3.05, 3.63) is 54.0 Å². The fraction of sp³-hybridized carbons (Fsp3) is 0.188. The van der Waals surface area contributed by atoms with Crippen molar-refractivity contribution in [3.63, 3.8) is 0 Å². The Morgan fingerprint density at radius 3 is 2.85 bits per heavy atom. The minimum atomic E-state index is -1.06. The maximum Gasteiger partial charge on any atom is 0.413 e. The summed E-state index contributed by atoms with van der Waals surface area (Å²) in [4.78, 5) is 19.6. The average molecular weight is 360 g/mol. The molecule has 0 spiro atoms. The van der Waals surface area contributed by atoms with E-state index in [1.807, 2.05) is 0 Å². The molecule has 1 amide bonds. The Kier molecular flexibility index (Phi) is 4.83. The molecule has 1 atom stereocenters. The predicted octanol–water partition coefficient (Wildman–Crippen LogP) is 2.86. The summed E-state index contributed by atoms with van der Waals surface area (Å²) in [5.41, 5.74) is 0.675. The Balaban J connectivity index is 1.77. The van der Waals surface area contributed by atoms with Crippen LogP contribution >= 0.6 is 0 Å². The highest BCUT2D eigenvalue weighted by atomic mass is 19.1. The van der Waals surface area contributed by atoms with Gasteiger partial charge in [0, 0.05) is 13.2 Å². The number of hydrogen-bond donors (Lipinski definition) is 1. The van der Waals surface area contributed by atoms with E-state index in [1.165, 1.54) is 11.6 Å². The highest BCUT2D eigenvalue weighted by Crippen LogP contribution is 2.24. The number of aromatic nitrogens is 5. The number of carbonyl (C=O) groups is 1. The lowest BCUT2D eigenvalue weighted by atomic mass is 10.2. The number of hydrogen-bond acceptors (Lipinski definition) is 6. The molecule has 10 heteroatoms. The second-order valence-corrected chi connectivity index (χ2v) is 5.33. The molecule has 3 aromatic rings. The van der Waals surface area contributed by atoms with Crippen LogP contribution < -0.4 is 5.32 Å². The summed E-state index contributed by atoms with van der Waals surface area (Å²) in [5, 5.41) is 10.3. The molecule has 26 heavy (non-hydrogen) atoms. The molecule has 0 aliphatic heterocycles. The molecule has 0 bridgehead atoms. The summed E-state index contributed by atoms with van der Waals surface area (Å²) in [6.45, 7) is 1.40. The van der Waals surface area contributed by atoms with E-state index >= 15 is 0 Å². The van der Waals surface area contributed by atoms with E-state index in [1.54, 1.807) is 31.4 Å². The van der Waals surface area contributed by atoms with E-state index in [9.17, 15) is 13.6 Å². The number of ether oxygens (including phenoxy) is 1. The van der Waals surface area contributed by atoms with Crippen molar-refractivity contribution in [1.82, 2.24) is 25.0 Å². The van der Waals surface area contributed by atoms with E-state index in [4.69, 9.17) is 4.74 Å². The first-order valence-electron chi connectivity index (χ1n) is 7.55. The molecule has 8 nitrogen and oxygen atoms in total. The zero-order chi connectivity index (χ0) is 18.7. The lowest BCUT2D eigenvalue weighted by Crippen LogP contribution is -2.19. The average Bonchev–Trinajstić information content (AvgIpc) is 2.98. The van der Waals surface area contributed by atoms with Gasteiger partial charge in [0.1, 0.15) is 11.9 Å². The van der Waals surface area contributed by atoms with Crippen molar-refractivity contribution in [2.45, 2.75) is 13.0 Å². The lowest BCUT2D eigenvalue weighted by molar-refractivity contribution is 0.118. The van der Waals surface area contributed by atoms with E-state index < -0.39 is 24.0 Å². The maximum atomic E-state index is 13.7. The predicted molar refractivity (Wildman–Crippen MR) is 86.9 cm³/mol. The first-order valence-corrected chi connectivity index (χ1v) is 7.55. The van der Waals surface area contributed by atoms with Crippen molar-refractivity contribution >= 4 is 11.9 Å². The number of anilines is 1. The molecule has 0 aromatic carbocycles. The minimum Gasteiger partial charge on any atom is -0.441 e. The van der Waals surface area contributed by atoms with Gasteiger partial charge in [-0.2, -0.15) is 4.39 Å². The number of aryl methyl sites for hydroxylation is 1. The first-order chi connectivity index (χ1) is 12.5. The van der Waals surface area contributed by atoms with Gasteiger partial charge in [-0.3, -0.25) is 10.3 Å². The second-order valence-electron chi connectivity index (χ2n) is 5.33. The third kappa shape index (κ3) is 3.63. The third-order valence-corrected chi connectivity index (χ3v) is 3.51. The van der Waals surface area contributed by atoms with Gasteiger partial charge in [0.25, 0.3) is 0 Å². The van der Waals surface area contributed by atoms with Gasteiger partial charge in [-0.1, -0.05) is 11.3 Å². The number of amides is 1. The molecule has 0 aliphatic rings. The number of carbonyl (C=O) groups excluding carboxylic acids is 1. The van der Waals surface area contributed by atoms with Gasteiger partial charge in [0.15, 0.2) is 11.5 Å². The highest BCUT2D eigenvalue weighted by Gasteiger charge is 2.21. The summed E-state index contributed by atoms with van der Waals surface area (Å²) >= 11 is 0. The molecule has 0 saturated carbocycles. The van der Waals surface area contributed by atoms with Gasteiger partial charge < -0.3 is 4.74 Å². The molecule has 0 radical (unpaired) electrons. The van der Waals surface area contributed by atoms with Gasteiger partial charge in [0.2, 0.25) is 5.95 Å². The molecule has 3 rings (SSSR count). The Bertz CT molecular complexity index is 932. The summed E-state index contributed by atoms with van der Waals surface area (Å²) in [5.74, 6) is -1.40. The molecule has 0 unspecified atom stereocenters. The maximum absolute atomic E-state index is 13.7. The largest absolute Gasteiger partial charge is 0.441 e. The number of halogens is 2. The standard InChI is InChI=1S/C16H14F2N6O2/c1-9(11-7-10(17)8-20-14(11)18)26-16(25)21-15-13(22-23-24(15)2)12-5-3-4-6-19-12/h3-9H,1-2H3,(H,21,25)/t9-/m1/s1. The fourth-order valence-electron chi connectivity index (χ4n) is 2.25. The molecule has 0 aliphatic carbocycles. The lowest BCUT2D eigenvalue weighted by Gasteiger charge is -2.14.